The second kappa shape index (κ2) is 7.53. The van der Waals surface area contributed by atoms with E-state index in [1.54, 1.807) is 17.0 Å². The zero-order valence-electron chi connectivity index (χ0n) is 12.8. The lowest BCUT2D eigenvalue weighted by Gasteiger charge is -2.30. The lowest BCUT2D eigenvalue weighted by molar-refractivity contribution is -0.384. The van der Waals surface area contributed by atoms with Gasteiger partial charge in [-0.3, -0.25) is 19.7 Å². The van der Waals surface area contributed by atoms with Crippen LogP contribution in [0.15, 0.2) is 30.3 Å². The fourth-order valence-electron chi connectivity index (χ4n) is 2.55. The van der Waals surface area contributed by atoms with Gasteiger partial charge < -0.3 is 9.64 Å². The van der Waals surface area contributed by atoms with Gasteiger partial charge in [-0.1, -0.05) is 12.1 Å². The molecule has 0 aliphatic carbocycles. The van der Waals surface area contributed by atoms with E-state index in [9.17, 15) is 19.7 Å². The summed E-state index contributed by atoms with van der Waals surface area (Å²) in [5.74, 6) is -0.806. The Labute approximate surface area is 133 Å². The van der Waals surface area contributed by atoms with Gasteiger partial charge in [0.2, 0.25) is 5.91 Å². The third kappa shape index (κ3) is 4.38. The fraction of sp³-hybridized carbons (Fsp3) is 0.375. The molecule has 0 saturated carbocycles. The van der Waals surface area contributed by atoms with Crippen LogP contribution in [0.1, 0.15) is 18.4 Å². The molecule has 0 radical (unpaired) electrons. The van der Waals surface area contributed by atoms with Gasteiger partial charge in [0.15, 0.2) is 0 Å². The Morgan fingerprint density at radius 2 is 2.22 bits per heavy atom. The van der Waals surface area contributed by atoms with E-state index in [-0.39, 0.29) is 23.5 Å². The van der Waals surface area contributed by atoms with Gasteiger partial charge in [-0.15, -0.1) is 0 Å². The number of nitro benzene ring substituents is 1. The number of non-ortho nitro benzene ring substituents is 1. The van der Waals surface area contributed by atoms with Crippen molar-refractivity contribution in [1.82, 2.24) is 4.90 Å². The summed E-state index contributed by atoms with van der Waals surface area (Å²) >= 11 is 0. The lowest BCUT2D eigenvalue weighted by atomic mass is 9.98. The Kier molecular flexibility index (Phi) is 5.46. The van der Waals surface area contributed by atoms with Crippen LogP contribution in [0.5, 0.6) is 0 Å². The summed E-state index contributed by atoms with van der Waals surface area (Å²) in [6.45, 7) is 0.927. The molecule has 1 unspecified atom stereocenters. The van der Waals surface area contributed by atoms with Crippen molar-refractivity contribution < 1.29 is 19.2 Å². The maximum Gasteiger partial charge on any atom is 0.310 e. The minimum atomic E-state index is -0.481. The van der Waals surface area contributed by atoms with Crippen molar-refractivity contribution in [2.24, 2.45) is 5.92 Å². The van der Waals surface area contributed by atoms with Gasteiger partial charge in [-0.25, -0.2) is 0 Å². The third-order valence-electron chi connectivity index (χ3n) is 3.77. The Morgan fingerprint density at radius 3 is 2.91 bits per heavy atom. The molecule has 23 heavy (non-hydrogen) atoms. The molecular formula is C16H18N2O5. The van der Waals surface area contributed by atoms with Gasteiger partial charge in [0.05, 0.1) is 18.0 Å². The van der Waals surface area contributed by atoms with E-state index >= 15 is 0 Å². The molecule has 0 aromatic heterocycles. The number of hydrogen-bond donors (Lipinski definition) is 0. The van der Waals surface area contributed by atoms with Crippen LogP contribution in [0, 0.1) is 16.0 Å². The van der Waals surface area contributed by atoms with E-state index in [0.29, 0.717) is 25.1 Å². The Hall–Kier alpha value is -2.70. The number of ether oxygens (including phenoxy) is 1. The van der Waals surface area contributed by atoms with E-state index in [4.69, 9.17) is 4.74 Å². The van der Waals surface area contributed by atoms with Crippen molar-refractivity contribution in [3.63, 3.8) is 0 Å². The average molecular weight is 318 g/mol. The Bertz CT molecular complexity index is 641. The van der Waals surface area contributed by atoms with Gasteiger partial charge in [0, 0.05) is 31.3 Å². The average Bonchev–Trinajstić information content (AvgIpc) is 2.59. The van der Waals surface area contributed by atoms with Crippen molar-refractivity contribution in [1.29, 1.82) is 0 Å². The second-order valence-corrected chi connectivity index (χ2v) is 5.33. The summed E-state index contributed by atoms with van der Waals surface area (Å²) in [6.07, 6.45) is 4.37. The van der Waals surface area contributed by atoms with E-state index in [1.807, 2.05) is 0 Å². The van der Waals surface area contributed by atoms with Crippen molar-refractivity contribution >= 4 is 23.6 Å². The zero-order chi connectivity index (χ0) is 16.8. The summed E-state index contributed by atoms with van der Waals surface area (Å²) in [5.41, 5.74) is 0.553. The van der Waals surface area contributed by atoms with Crippen LogP contribution in [-0.4, -0.2) is 41.9 Å². The number of benzene rings is 1. The van der Waals surface area contributed by atoms with E-state index < -0.39 is 4.92 Å². The van der Waals surface area contributed by atoms with E-state index in [0.717, 1.165) is 6.42 Å². The molecule has 7 nitrogen and oxygen atoms in total. The SMILES string of the molecule is COC(=O)C1CCCN(C(=O)/C=C/c2cccc([N+](=O)[O-])c2)C1. The van der Waals surface area contributed by atoms with Gasteiger partial charge >= 0.3 is 5.97 Å². The summed E-state index contributed by atoms with van der Waals surface area (Å²) in [5, 5.41) is 10.7. The summed E-state index contributed by atoms with van der Waals surface area (Å²) in [6, 6.07) is 6.04. The smallest absolute Gasteiger partial charge is 0.310 e. The molecule has 1 saturated heterocycles. The first kappa shape index (κ1) is 16.7. The standard InChI is InChI=1S/C16H18N2O5/c1-23-16(20)13-5-3-9-17(11-13)15(19)8-7-12-4-2-6-14(10-12)18(21)22/h2,4,6-8,10,13H,3,5,9,11H2,1H3/b8-7+. The normalized spacial score (nSPS) is 18.0. The Balaban J connectivity index is 2.02. The van der Waals surface area contributed by atoms with Crippen LogP contribution in [0.3, 0.4) is 0 Å². The summed E-state index contributed by atoms with van der Waals surface area (Å²) < 4.78 is 4.72. The van der Waals surface area contributed by atoms with E-state index in [2.05, 4.69) is 0 Å². The van der Waals surface area contributed by atoms with Gasteiger partial charge in [0.25, 0.3) is 5.69 Å². The monoisotopic (exact) mass is 318 g/mol. The number of nitrogens with zero attached hydrogens (tertiary/aromatic N) is 2. The minimum absolute atomic E-state index is 0.0247. The maximum atomic E-state index is 12.2. The highest BCUT2D eigenvalue weighted by Gasteiger charge is 2.28. The molecule has 2 rings (SSSR count). The highest BCUT2D eigenvalue weighted by molar-refractivity contribution is 5.92. The van der Waals surface area contributed by atoms with Crippen molar-refractivity contribution in [3.8, 4) is 0 Å². The fourth-order valence-corrected chi connectivity index (χ4v) is 2.55. The van der Waals surface area contributed by atoms with Crippen molar-refractivity contribution in [2.45, 2.75) is 12.8 Å². The first-order chi connectivity index (χ1) is 11.0. The lowest BCUT2D eigenvalue weighted by Crippen LogP contribution is -2.41. The molecular weight excluding hydrogens is 300 g/mol. The molecule has 1 aromatic rings. The topological polar surface area (TPSA) is 89.8 Å². The molecule has 0 bridgehead atoms. The number of esters is 1. The first-order valence-corrected chi connectivity index (χ1v) is 7.30. The molecule has 0 N–H and O–H groups in total. The van der Waals surface area contributed by atoms with Crippen LogP contribution in [0.25, 0.3) is 6.08 Å². The van der Waals surface area contributed by atoms with Gasteiger partial charge in [0.1, 0.15) is 0 Å². The molecule has 122 valence electrons. The zero-order valence-corrected chi connectivity index (χ0v) is 12.8. The molecule has 1 aliphatic heterocycles. The third-order valence-corrected chi connectivity index (χ3v) is 3.77. The predicted molar refractivity (Wildman–Crippen MR) is 83.5 cm³/mol. The van der Waals surface area contributed by atoms with Gasteiger partial charge in [-0.2, -0.15) is 0 Å². The van der Waals surface area contributed by atoms with E-state index in [1.165, 1.54) is 31.4 Å². The molecule has 1 heterocycles. The number of carbonyl (C=O) groups excluding carboxylic acids is 2. The minimum Gasteiger partial charge on any atom is -0.469 e. The molecule has 1 amide bonds. The number of methoxy groups -OCH3 is 1. The number of carbonyl (C=O) groups is 2. The predicted octanol–water partition coefficient (Wildman–Crippen LogP) is 2.02. The number of amides is 1. The molecule has 1 fully saturated rings. The van der Waals surface area contributed by atoms with Crippen LogP contribution in [0.4, 0.5) is 5.69 Å². The van der Waals surface area contributed by atoms with Crippen LogP contribution in [0.2, 0.25) is 0 Å². The molecule has 0 spiro atoms. The maximum absolute atomic E-state index is 12.2. The van der Waals surface area contributed by atoms with Crippen LogP contribution >= 0.6 is 0 Å². The number of nitro groups is 1. The highest BCUT2D eigenvalue weighted by Crippen LogP contribution is 2.19. The van der Waals surface area contributed by atoms with Gasteiger partial charge in [-0.05, 0) is 24.5 Å². The summed E-state index contributed by atoms with van der Waals surface area (Å²) in [4.78, 5) is 35.6. The summed E-state index contributed by atoms with van der Waals surface area (Å²) in [7, 11) is 1.34. The largest absolute Gasteiger partial charge is 0.469 e. The number of hydrogen-bond acceptors (Lipinski definition) is 5. The Morgan fingerprint density at radius 1 is 1.43 bits per heavy atom. The number of piperidine rings is 1. The first-order valence-electron chi connectivity index (χ1n) is 7.30. The number of likely N-dealkylation sites (tertiary alicyclic amines) is 1. The van der Waals surface area contributed by atoms with Crippen molar-refractivity contribution in [3.05, 3.63) is 46.0 Å². The highest BCUT2D eigenvalue weighted by atomic mass is 16.6. The van der Waals surface area contributed by atoms with Crippen LogP contribution < -0.4 is 0 Å². The second-order valence-electron chi connectivity index (χ2n) is 5.33. The quantitative estimate of drug-likeness (QED) is 0.367. The van der Waals surface area contributed by atoms with Crippen LogP contribution in [-0.2, 0) is 14.3 Å². The molecule has 1 atom stereocenters. The van der Waals surface area contributed by atoms with Crippen molar-refractivity contribution in [2.75, 3.05) is 20.2 Å². The molecule has 1 aromatic carbocycles. The number of rotatable bonds is 4. The molecule has 1 aliphatic rings. The molecule has 7 heteroatoms.